The zero-order valence-corrected chi connectivity index (χ0v) is 29.6. The van der Waals surface area contributed by atoms with Crippen LogP contribution in [0.5, 0.6) is 0 Å². The van der Waals surface area contributed by atoms with Crippen molar-refractivity contribution in [3.63, 3.8) is 0 Å². The number of nitrogens with zero attached hydrogens (tertiary/aromatic N) is 1. The Bertz CT molecular complexity index is 2910. The fraction of sp³-hybridized carbons (Fsp3) is 0. The molecule has 0 aliphatic carbocycles. The van der Waals surface area contributed by atoms with Crippen LogP contribution >= 0.6 is 0 Å². The summed E-state index contributed by atoms with van der Waals surface area (Å²) in [5.41, 5.74) is 14.6. The molecule has 0 amide bonds. The Morgan fingerprint density at radius 1 is 0.315 bits per heavy atom. The lowest BCUT2D eigenvalue weighted by atomic mass is 9.95. The molecule has 254 valence electrons. The maximum atomic E-state index is 6.38. The summed E-state index contributed by atoms with van der Waals surface area (Å²) >= 11 is 0. The standard InChI is InChI=1S/C52H35NO/c1-3-12-36(13-4-1)37-24-26-38(27-25-37)41-16-9-18-45(35-41)53(49-21-11-23-51-52(49)48-19-7-8-22-50(48)54-51)44-31-28-39(29-32-44)42-30-33-47-43(34-42)17-10-20-46(47)40-14-5-2-6-15-40/h1-35H. The normalized spacial score (nSPS) is 11.3. The molecule has 0 radical (unpaired) electrons. The van der Waals surface area contributed by atoms with Crippen molar-refractivity contribution in [3.8, 4) is 44.5 Å². The minimum absolute atomic E-state index is 0.869. The van der Waals surface area contributed by atoms with E-state index >= 15 is 0 Å². The summed E-state index contributed by atoms with van der Waals surface area (Å²) in [6.45, 7) is 0. The van der Waals surface area contributed by atoms with Gasteiger partial charge in [-0.05, 0) is 104 Å². The Labute approximate surface area is 314 Å². The van der Waals surface area contributed by atoms with Crippen LogP contribution in [0, 0.1) is 0 Å². The molecule has 0 aliphatic rings. The predicted octanol–water partition coefficient (Wildman–Crippen LogP) is 14.9. The Kier molecular flexibility index (Phi) is 7.85. The van der Waals surface area contributed by atoms with Gasteiger partial charge < -0.3 is 9.32 Å². The van der Waals surface area contributed by atoms with E-state index in [1.54, 1.807) is 0 Å². The summed E-state index contributed by atoms with van der Waals surface area (Å²) in [5.74, 6) is 0. The average molecular weight is 690 g/mol. The van der Waals surface area contributed by atoms with Crippen LogP contribution in [-0.2, 0) is 0 Å². The number of para-hydroxylation sites is 1. The Morgan fingerprint density at radius 3 is 1.65 bits per heavy atom. The molecule has 0 N–H and O–H groups in total. The van der Waals surface area contributed by atoms with Crippen LogP contribution < -0.4 is 4.90 Å². The molecular formula is C52H35NO. The van der Waals surface area contributed by atoms with E-state index < -0.39 is 0 Å². The Hall–Kier alpha value is -7.16. The van der Waals surface area contributed by atoms with Crippen molar-refractivity contribution in [2.75, 3.05) is 4.90 Å². The van der Waals surface area contributed by atoms with E-state index in [0.717, 1.165) is 44.6 Å². The number of rotatable bonds is 7. The van der Waals surface area contributed by atoms with Crippen LogP contribution in [0.25, 0.3) is 77.2 Å². The van der Waals surface area contributed by atoms with Gasteiger partial charge in [0.2, 0.25) is 0 Å². The zero-order chi connectivity index (χ0) is 35.8. The van der Waals surface area contributed by atoms with Crippen molar-refractivity contribution >= 4 is 49.8 Å². The third-order valence-electron chi connectivity index (χ3n) is 10.5. The van der Waals surface area contributed by atoms with Crippen molar-refractivity contribution in [1.82, 2.24) is 0 Å². The van der Waals surface area contributed by atoms with E-state index in [-0.39, 0.29) is 0 Å². The summed E-state index contributed by atoms with van der Waals surface area (Å²) in [6, 6.07) is 75.9. The number of furan rings is 1. The molecule has 1 heterocycles. The van der Waals surface area contributed by atoms with Crippen LogP contribution in [0.3, 0.4) is 0 Å². The smallest absolute Gasteiger partial charge is 0.137 e. The SMILES string of the molecule is c1ccc(-c2ccc(-c3cccc(N(c4ccc(-c5ccc6c(-c7ccccc7)cccc6c5)cc4)c4cccc5oc6ccccc6c45)c3)cc2)cc1. The summed E-state index contributed by atoms with van der Waals surface area (Å²) in [7, 11) is 0. The number of hydrogen-bond donors (Lipinski definition) is 0. The predicted molar refractivity (Wildman–Crippen MR) is 228 cm³/mol. The lowest BCUT2D eigenvalue weighted by Gasteiger charge is -2.27. The lowest BCUT2D eigenvalue weighted by molar-refractivity contribution is 0.669. The molecule has 0 fully saturated rings. The maximum absolute atomic E-state index is 6.38. The van der Waals surface area contributed by atoms with Gasteiger partial charge in [-0.25, -0.2) is 0 Å². The molecule has 2 nitrogen and oxygen atoms in total. The minimum atomic E-state index is 0.869. The summed E-state index contributed by atoms with van der Waals surface area (Å²) < 4.78 is 6.38. The molecular weight excluding hydrogens is 655 g/mol. The largest absolute Gasteiger partial charge is 0.456 e. The van der Waals surface area contributed by atoms with Gasteiger partial charge in [0.1, 0.15) is 11.2 Å². The van der Waals surface area contributed by atoms with Gasteiger partial charge in [-0.15, -0.1) is 0 Å². The summed E-state index contributed by atoms with van der Waals surface area (Å²) in [6.07, 6.45) is 0. The maximum Gasteiger partial charge on any atom is 0.137 e. The molecule has 54 heavy (non-hydrogen) atoms. The van der Waals surface area contributed by atoms with Crippen LogP contribution in [0.1, 0.15) is 0 Å². The van der Waals surface area contributed by atoms with Crippen LogP contribution in [0.2, 0.25) is 0 Å². The number of benzene rings is 9. The van der Waals surface area contributed by atoms with Gasteiger partial charge in [0.15, 0.2) is 0 Å². The van der Waals surface area contributed by atoms with Crippen LogP contribution in [-0.4, -0.2) is 0 Å². The van der Waals surface area contributed by atoms with E-state index in [0.29, 0.717) is 0 Å². The van der Waals surface area contributed by atoms with Gasteiger partial charge in [0.25, 0.3) is 0 Å². The second-order valence-corrected chi connectivity index (χ2v) is 13.7. The average Bonchev–Trinajstić information content (AvgIpc) is 3.64. The van der Waals surface area contributed by atoms with E-state index in [1.165, 1.54) is 49.7 Å². The molecule has 0 atom stereocenters. The molecule has 1 aromatic heterocycles. The zero-order valence-electron chi connectivity index (χ0n) is 29.6. The van der Waals surface area contributed by atoms with E-state index in [9.17, 15) is 0 Å². The lowest BCUT2D eigenvalue weighted by Crippen LogP contribution is -2.10. The van der Waals surface area contributed by atoms with Crippen molar-refractivity contribution in [2.45, 2.75) is 0 Å². The Morgan fingerprint density at radius 2 is 0.870 bits per heavy atom. The van der Waals surface area contributed by atoms with Crippen LogP contribution in [0.4, 0.5) is 17.1 Å². The first kappa shape index (κ1) is 31.6. The van der Waals surface area contributed by atoms with Crippen molar-refractivity contribution < 1.29 is 4.42 Å². The first-order valence-electron chi connectivity index (χ1n) is 18.4. The van der Waals surface area contributed by atoms with Crippen LogP contribution in [0.15, 0.2) is 217 Å². The highest BCUT2D eigenvalue weighted by Gasteiger charge is 2.20. The molecule has 0 bridgehead atoms. The van der Waals surface area contributed by atoms with Gasteiger partial charge in [0.05, 0.1) is 11.1 Å². The first-order valence-corrected chi connectivity index (χ1v) is 18.4. The van der Waals surface area contributed by atoms with E-state index in [4.69, 9.17) is 4.42 Å². The second kappa shape index (κ2) is 13.4. The van der Waals surface area contributed by atoms with Gasteiger partial charge in [-0.3, -0.25) is 0 Å². The molecule has 2 heteroatoms. The fourth-order valence-corrected chi connectivity index (χ4v) is 7.82. The summed E-state index contributed by atoms with van der Waals surface area (Å²) in [5, 5.41) is 4.68. The molecule has 0 aliphatic heterocycles. The Balaban J connectivity index is 1.07. The third kappa shape index (κ3) is 5.71. The number of hydrogen-bond acceptors (Lipinski definition) is 2. The monoisotopic (exact) mass is 689 g/mol. The highest BCUT2D eigenvalue weighted by molar-refractivity contribution is 6.13. The highest BCUT2D eigenvalue weighted by atomic mass is 16.3. The van der Waals surface area contributed by atoms with Crippen molar-refractivity contribution in [2.24, 2.45) is 0 Å². The molecule has 10 aromatic rings. The first-order chi connectivity index (χ1) is 26.8. The molecule has 0 unspecified atom stereocenters. The number of fused-ring (bicyclic) bond motifs is 4. The quantitative estimate of drug-likeness (QED) is 0.166. The van der Waals surface area contributed by atoms with Gasteiger partial charge in [-0.2, -0.15) is 0 Å². The van der Waals surface area contributed by atoms with E-state index in [1.807, 2.05) is 12.1 Å². The topological polar surface area (TPSA) is 16.4 Å². The molecule has 9 aromatic carbocycles. The second-order valence-electron chi connectivity index (χ2n) is 13.7. The summed E-state index contributed by atoms with van der Waals surface area (Å²) in [4.78, 5) is 2.36. The van der Waals surface area contributed by atoms with Crippen molar-refractivity contribution in [3.05, 3.63) is 212 Å². The fourth-order valence-electron chi connectivity index (χ4n) is 7.82. The van der Waals surface area contributed by atoms with Gasteiger partial charge in [0, 0.05) is 16.8 Å². The van der Waals surface area contributed by atoms with Gasteiger partial charge in [-0.1, -0.05) is 164 Å². The third-order valence-corrected chi connectivity index (χ3v) is 10.5. The molecule has 0 spiro atoms. The molecule has 0 saturated carbocycles. The minimum Gasteiger partial charge on any atom is -0.456 e. The van der Waals surface area contributed by atoms with Gasteiger partial charge >= 0.3 is 0 Å². The van der Waals surface area contributed by atoms with E-state index in [2.05, 4.69) is 205 Å². The molecule has 10 rings (SSSR count). The van der Waals surface area contributed by atoms with Crippen molar-refractivity contribution in [1.29, 1.82) is 0 Å². The highest BCUT2D eigenvalue weighted by Crippen LogP contribution is 2.44. The molecule has 0 saturated heterocycles. The number of anilines is 3.